The summed E-state index contributed by atoms with van der Waals surface area (Å²) in [7, 11) is 0. The number of dihydropyridines is 1. The van der Waals surface area contributed by atoms with Crippen LogP contribution in [-0.4, -0.2) is 41.3 Å². The van der Waals surface area contributed by atoms with E-state index in [1.807, 2.05) is 12.3 Å². The van der Waals surface area contributed by atoms with Crippen molar-refractivity contribution in [3.8, 4) is 0 Å². The molecule has 4 atom stereocenters. The summed E-state index contributed by atoms with van der Waals surface area (Å²) in [6.07, 6.45) is 12.0. The maximum atomic E-state index is 5.75. The number of hydrogen-bond donors (Lipinski definition) is 1. The zero-order valence-corrected chi connectivity index (χ0v) is 15.6. The number of aromatic nitrogens is 1. The molecule has 0 radical (unpaired) electrons. The van der Waals surface area contributed by atoms with E-state index in [0.29, 0.717) is 18.0 Å². The van der Waals surface area contributed by atoms with Crippen LogP contribution in [0.5, 0.6) is 0 Å². The Bertz CT molecular complexity index is 595. The predicted octanol–water partition coefficient (Wildman–Crippen LogP) is 3.75. The average Bonchev–Trinajstić information content (AvgIpc) is 2.64. The number of nitrogens with zero attached hydrogens (tertiary/aromatic N) is 3. The van der Waals surface area contributed by atoms with E-state index in [4.69, 9.17) is 10.7 Å². The number of hydrogen-bond acceptors (Lipinski definition) is 4. The highest BCUT2D eigenvalue weighted by atomic mass is 15.2. The fourth-order valence-electron chi connectivity index (χ4n) is 4.43. The first-order valence-corrected chi connectivity index (χ1v) is 9.77. The zero-order valence-electron chi connectivity index (χ0n) is 15.6. The van der Waals surface area contributed by atoms with Gasteiger partial charge in [0.15, 0.2) is 0 Å². The summed E-state index contributed by atoms with van der Waals surface area (Å²) in [4.78, 5) is 12.3. The molecule has 1 saturated heterocycles. The third kappa shape index (κ3) is 4.18. The highest BCUT2D eigenvalue weighted by Gasteiger charge is 2.41. The van der Waals surface area contributed by atoms with E-state index in [2.05, 4.69) is 48.2 Å². The molecule has 0 spiro atoms. The van der Waals surface area contributed by atoms with Crippen molar-refractivity contribution in [3.63, 3.8) is 0 Å². The molecule has 3 rings (SSSR count). The highest BCUT2D eigenvalue weighted by molar-refractivity contribution is 5.62. The normalized spacial score (nSPS) is 30.3. The Hall–Kier alpha value is -1.52. The molecule has 136 valence electrons. The monoisotopic (exact) mass is 340 g/mol. The van der Waals surface area contributed by atoms with E-state index < -0.39 is 0 Å². The van der Waals surface area contributed by atoms with E-state index in [1.54, 1.807) is 0 Å². The quantitative estimate of drug-likeness (QED) is 0.634. The molecule has 0 aliphatic carbocycles. The zero-order chi connectivity index (χ0) is 17.6. The van der Waals surface area contributed by atoms with Crippen LogP contribution < -0.4 is 5.73 Å². The molecular formula is C21H32N4. The summed E-state index contributed by atoms with van der Waals surface area (Å²) in [5.74, 6) is 0.640. The van der Waals surface area contributed by atoms with Crippen LogP contribution in [0.4, 0.5) is 0 Å². The number of piperidine rings is 1. The van der Waals surface area contributed by atoms with Crippen LogP contribution in [-0.2, 0) is 0 Å². The molecule has 1 aromatic heterocycles. The Kier molecular flexibility index (Phi) is 6.38. The molecule has 4 nitrogen and oxygen atoms in total. The second kappa shape index (κ2) is 8.72. The van der Waals surface area contributed by atoms with Crippen molar-refractivity contribution in [1.82, 2.24) is 9.88 Å². The van der Waals surface area contributed by atoms with Crippen LogP contribution in [0.2, 0.25) is 0 Å². The molecule has 0 amide bonds. The van der Waals surface area contributed by atoms with Gasteiger partial charge in [-0.2, -0.15) is 0 Å². The van der Waals surface area contributed by atoms with Gasteiger partial charge in [0.2, 0.25) is 0 Å². The van der Waals surface area contributed by atoms with Gasteiger partial charge in [-0.3, -0.25) is 14.9 Å². The first-order valence-electron chi connectivity index (χ1n) is 9.77. The first kappa shape index (κ1) is 18.3. The summed E-state index contributed by atoms with van der Waals surface area (Å²) < 4.78 is 0. The minimum atomic E-state index is 0.285. The standard InChI is InChI=1S/C21H32N4/c1-16-8-7-14-24-20(16)21-17(2)10-11-19(18-9-3-5-13-23-18)25(21)15-6-4-12-22/h3,5,8-9,13-14,17,19-21H,4,6-7,10-12,15,22H2,1-2H3. The molecular weight excluding hydrogens is 308 g/mol. The number of allylic oxidation sites excluding steroid dienone is 1. The van der Waals surface area contributed by atoms with Crippen LogP contribution in [0.15, 0.2) is 41.0 Å². The lowest BCUT2D eigenvalue weighted by atomic mass is 9.79. The van der Waals surface area contributed by atoms with Crippen molar-refractivity contribution >= 4 is 6.21 Å². The van der Waals surface area contributed by atoms with Gasteiger partial charge in [-0.25, -0.2) is 0 Å². The van der Waals surface area contributed by atoms with Crippen molar-refractivity contribution < 1.29 is 0 Å². The largest absolute Gasteiger partial charge is 0.330 e. The number of likely N-dealkylation sites (tertiary alicyclic amines) is 1. The minimum Gasteiger partial charge on any atom is -0.330 e. The van der Waals surface area contributed by atoms with Crippen molar-refractivity contribution in [1.29, 1.82) is 0 Å². The van der Waals surface area contributed by atoms with Crippen LogP contribution in [0.1, 0.15) is 57.7 Å². The van der Waals surface area contributed by atoms with Crippen LogP contribution in [0, 0.1) is 5.92 Å². The summed E-state index contributed by atoms with van der Waals surface area (Å²) >= 11 is 0. The molecule has 2 aliphatic rings. The third-order valence-electron chi connectivity index (χ3n) is 5.76. The molecule has 2 aliphatic heterocycles. The maximum absolute atomic E-state index is 5.75. The summed E-state index contributed by atoms with van der Waals surface area (Å²) in [5.41, 5.74) is 8.38. The van der Waals surface area contributed by atoms with Gasteiger partial charge >= 0.3 is 0 Å². The summed E-state index contributed by atoms with van der Waals surface area (Å²) in [6, 6.07) is 7.42. The van der Waals surface area contributed by atoms with E-state index >= 15 is 0 Å². The van der Waals surface area contributed by atoms with Gasteiger partial charge in [0, 0.05) is 24.9 Å². The number of rotatable bonds is 6. The lowest BCUT2D eigenvalue weighted by Crippen LogP contribution is -2.53. The number of nitrogens with two attached hydrogens (primary N) is 1. The predicted molar refractivity (Wildman–Crippen MR) is 105 cm³/mol. The van der Waals surface area contributed by atoms with E-state index in [-0.39, 0.29) is 6.04 Å². The molecule has 4 heteroatoms. The lowest BCUT2D eigenvalue weighted by molar-refractivity contribution is 0.0325. The van der Waals surface area contributed by atoms with Gasteiger partial charge in [-0.05, 0) is 63.7 Å². The minimum absolute atomic E-state index is 0.285. The molecule has 25 heavy (non-hydrogen) atoms. The van der Waals surface area contributed by atoms with Gasteiger partial charge < -0.3 is 5.73 Å². The van der Waals surface area contributed by atoms with Crippen LogP contribution >= 0.6 is 0 Å². The Balaban J connectivity index is 1.89. The van der Waals surface area contributed by atoms with Gasteiger partial charge in [-0.1, -0.05) is 24.6 Å². The van der Waals surface area contributed by atoms with Gasteiger partial charge in [0.05, 0.1) is 17.8 Å². The number of aliphatic imine (C=N–C) groups is 1. The second-order valence-electron chi connectivity index (χ2n) is 7.51. The molecule has 0 aromatic carbocycles. The third-order valence-corrected chi connectivity index (χ3v) is 5.76. The molecule has 4 unspecified atom stereocenters. The molecule has 0 saturated carbocycles. The SMILES string of the molecule is CC1=CCC=NC1C1C(C)CCC(c2ccccn2)N1CCCCN. The Morgan fingerprint density at radius 1 is 1.24 bits per heavy atom. The molecule has 2 N–H and O–H groups in total. The Labute approximate surface area is 152 Å². The molecule has 1 aromatic rings. The average molecular weight is 341 g/mol. The summed E-state index contributed by atoms with van der Waals surface area (Å²) in [5, 5.41) is 0. The van der Waals surface area contributed by atoms with Gasteiger partial charge in [0.25, 0.3) is 0 Å². The maximum Gasteiger partial charge on any atom is 0.0860 e. The van der Waals surface area contributed by atoms with Crippen LogP contribution in [0.25, 0.3) is 0 Å². The topological polar surface area (TPSA) is 54.5 Å². The van der Waals surface area contributed by atoms with E-state index in [1.165, 1.54) is 24.1 Å². The Morgan fingerprint density at radius 2 is 2.12 bits per heavy atom. The second-order valence-corrected chi connectivity index (χ2v) is 7.51. The van der Waals surface area contributed by atoms with Gasteiger partial charge in [-0.15, -0.1) is 0 Å². The van der Waals surface area contributed by atoms with Crippen molar-refractivity contribution in [2.24, 2.45) is 16.6 Å². The fourth-order valence-corrected chi connectivity index (χ4v) is 4.43. The lowest BCUT2D eigenvalue weighted by Gasteiger charge is -2.48. The first-order chi connectivity index (χ1) is 12.2. The highest BCUT2D eigenvalue weighted by Crippen LogP contribution is 2.40. The van der Waals surface area contributed by atoms with Crippen molar-refractivity contribution in [2.75, 3.05) is 13.1 Å². The van der Waals surface area contributed by atoms with E-state index in [9.17, 15) is 0 Å². The summed E-state index contributed by atoms with van der Waals surface area (Å²) in [6.45, 7) is 6.48. The fraction of sp³-hybridized carbons (Fsp3) is 0.619. The molecule has 1 fully saturated rings. The molecule has 0 bridgehead atoms. The Morgan fingerprint density at radius 3 is 2.84 bits per heavy atom. The van der Waals surface area contributed by atoms with E-state index in [0.717, 1.165) is 32.4 Å². The number of pyridine rings is 1. The molecule has 3 heterocycles. The van der Waals surface area contributed by atoms with Crippen molar-refractivity contribution in [3.05, 3.63) is 41.7 Å². The van der Waals surface area contributed by atoms with Gasteiger partial charge in [0.1, 0.15) is 0 Å². The van der Waals surface area contributed by atoms with Crippen LogP contribution in [0.3, 0.4) is 0 Å². The number of unbranched alkanes of at least 4 members (excludes halogenated alkanes) is 1. The van der Waals surface area contributed by atoms with Crippen molar-refractivity contribution in [2.45, 2.75) is 64.1 Å². The smallest absolute Gasteiger partial charge is 0.0860 e.